The lowest BCUT2D eigenvalue weighted by molar-refractivity contribution is 0.0982. The molecule has 0 bridgehead atoms. The lowest BCUT2D eigenvalue weighted by Crippen LogP contribution is -2.04. The molecule has 0 spiro atoms. The van der Waals surface area contributed by atoms with Gasteiger partial charge >= 0.3 is 0 Å². The lowest BCUT2D eigenvalue weighted by Gasteiger charge is -2.12. The number of benzene rings is 2. The van der Waals surface area contributed by atoms with Gasteiger partial charge in [-0.2, -0.15) is 5.26 Å². The van der Waals surface area contributed by atoms with E-state index in [0.717, 1.165) is 17.3 Å². The van der Waals surface area contributed by atoms with E-state index in [4.69, 9.17) is 5.26 Å². The van der Waals surface area contributed by atoms with E-state index in [9.17, 15) is 4.79 Å². The number of nitrogens with zero attached hydrogens (tertiary/aromatic N) is 1. The summed E-state index contributed by atoms with van der Waals surface area (Å²) in [5.74, 6) is 0.0669. The largest absolute Gasteiger partial charge is 0.294 e. The molecule has 0 amide bonds. The van der Waals surface area contributed by atoms with E-state index in [1.165, 1.54) is 0 Å². The highest BCUT2D eigenvalue weighted by Crippen LogP contribution is 2.32. The fourth-order valence-electron chi connectivity index (χ4n) is 1.87. The standard InChI is InChI=1S/C16H13NOS/c17-12-19-16(14-9-5-2-6-10-14)11-15(18)13-7-3-1-4-8-13/h1-10,16H,11H2. The normalized spacial score (nSPS) is 11.5. The first kappa shape index (κ1) is 13.4. The molecule has 2 nitrogen and oxygen atoms in total. The first-order chi connectivity index (χ1) is 9.31. The van der Waals surface area contributed by atoms with Crippen molar-refractivity contribution in [1.29, 1.82) is 5.26 Å². The maximum atomic E-state index is 12.2. The summed E-state index contributed by atoms with van der Waals surface area (Å²) in [7, 11) is 0. The Morgan fingerprint density at radius 2 is 1.63 bits per heavy atom. The van der Waals surface area contributed by atoms with Gasteiger partial charge in [-0.15, -0.1) is 0 Å². The van der Waals surface area contributed by atoms with Gasteiger partial charge in [-0.1, -0.05) is 60.7 Å². The van der Waals surface area contributed by atoms with E-state index in [1.54, 1.807) is 12.1 Å². The minimum atomic E-state index is -0.112. The molecular weight excluding hydrogens is 254 g/mol. The minimum absolute atomic E-state index is 0.0669. The first-order valence-electron chi connectivity index (χ1n) is 5.99. The number of carbonyl (C=O) groups excluding carboxylic acids is 1. The van der Waals surface area contributed by atoms with Gasteiger partial charge in [0.25, 0.3) is 0 Å². The summed E-state index contributed by atoms with van der Waals surface area (Å²) in [6.45, 7) is 0. The topological polar surface area (TPSA) is 40.9 Å². The summed E-state index contributed by atoms with van der Waals surface area (Å²) in [5.41, 5.74) is 1.71. The molecule has 2 rings (SSSR count). The molecule has 0 aliphatic heterocycles. The van der Waals surface area contributed by atoms with E-state index in [0.29, 0.717) is 12.0 Å². The van der Waals surface area contributed by atoms with Gasteiger partial charge in [0, 0.05) is 12.0 Å². The molecule has 2 aromatic rings. The Morgan fingerprint density at radius 1 is 1.05 bits per heavy atom. The smallest absolute Gasteiger partial charge is 0.164 e. The second-order valence-corrected chi connectivity index (χ2v) is 5.09. The molecule has 0 radical (unpaired) electrons. The molecule has 1 atom stereocenters. The summed E-state index contributed by atoms with van der Waals surface area (Å²) < 4.78 is 0. The van der Waals surface area contributed by atoms with Gasteiger partial charge in [0.15, 0.2) is 5.78 Å². The number of thiocyanates is 1. The Morgan fingerprint density at radius 3 is 2.21 bits per heavy atom. The Bertz CT molecular complexity index is 575. The molecule has 0 heterocycles. The van der Waals surface area contributed by atoms with Crippen LogP contribution in [0.2, 0.25) is 0 Å². The number of ketones is 1. The van der Waals surface area contributed by atoms with Gasteiger partial charge in [-0.3, -0.25) is 4.79 Å². The quantitative estimate of drug-likeness (QED) is 0.601. The predicted octanol–water partition coefficient (Wildman–Crippen LogP) is 4.21. The molecule has 0 aromatic heterocycles. The Labute approximate surface area is 117 Å². The zero-order valence-electron chi connectivity index (χ0n) is 10.3. The molecule has 0 aliphatic carbocycles. The zero-order valence-corrected chi connectivity index (χ0v) is 11.1. The monoisotopic (exact) mass is 267 g/mol. The van der Waals surface area contributed by atoms with Gasteiger partial charge in [0.1, 0.15) is 5.40 Å². The molecule has 2 aromatic carbocycles. The van der Waals surface area contributed by atoms with Gasteiger partial charge in [0.05, 0.1) is 5.25 Å². The Kier molecular flexibility index (Phi) is 4.77. The van der Waals surface area contributed by atoms with Crippen molar-refractivity contribution in [2.24, 2.45) is 0 Å². The number of hydrogen-bond donors (Lipinski definition) is 0. The van der Waals surface area contributed by atoms with E-state index < -0.39 is 0 Å². The van der Waals surface area contributed by atoms with Crippen LogP contribution in [0.5, 0.6) is 0 Å². The highest BCUT2D eigenvalue weighted by molar-refractivity contribution is 8.03. The van der Waals surface area contributed by atoms with Crippen LogP contribution in [0.25, 0.3) is 0 Å². The van der Waals surface area contributed by atoms with E-state index in [1.807, 2.05) is 48.5 Å². The molecule has 19 heavy (non-hydrogen) atoms. The van der Waals surface area contributed by atoms with Gasteiger partial charge in [-0.05, 0) is 17.3 Å². The molecule has 0 fully saturated rings. The number of thioether (sulfide) groups is 1. The fourth-order valence-corrected chi connectivity index (χ4v) is 2.52. The van der Waals surface area contributed by atoms with Crippen molar-refractivity contribution in [3.05, 3.63) is 71.8 Å². The summed E-state index contributed by atoms with van der Waals surface area (Å²) in [6.07, 6.45) is 0.340. The molecular formula is C16H13NOS. The second kappa shape index (κ2) is 6.77. The molecule has 1 unspecified atom stereocenters. The van der Waals surface area contributed by atoms with Crippen molar-refractivity contribution in [1.82, 2.24) is 0 Å². The maximum absolute atomic E-state index is 12.2. The van der Waals surface area contributed by atoms with Gasteiger partial charge < -0.3 is 0 Å². The van der Waals surface area contributed by atoms with Gasteiger partial charge in [0.2, 0.25) is 0 Å². The van der Waals surface area contributed by atoms with Crippen molar-refractivity contribution in [2.45, 2.75) is 11.7 Å². The van der Waals surface area contributed by atoms with E-state index >= 15 is 0 Å². The Balaban J connectivity index is 2.14. The lowest BCUT2D eigenvalue weighted by atomic mass is 10.0. The van der Waals surface area contributed by atoms with Crippen molar-refractivity contribution >= 4 is 17.5 Å². The van der Waals surface area contributed by atoms with E-state index in [2.05, 4.69) is 5.40 Å². The minimum Gasteiger partial charge on any atom is -0.294 e. The summed E-state index contributed by atoms with van der Waals surface area (Å²) in [4.78, 5) is 12.2. The molecule has 0 saturated heterocycles. The van der Waals surface area contributed by atoms with Crippen LogP contribution in [0.3, 0.4) is 0 Å². The molecule has 0 N–H and O–H groups in total. The average Bonchev–Trinajstić information content (AvgIpc) is 2.48. The first-order valence-corrected chi connectivity index (χ1v) is 6.87. The van der Waals surface area contributed by atoms with Crippen LogP contribution in [-0.4, -0.2) is 5.78 Å². The maximum Gasteiger partial charge on any atom is 0.164 e. The van der Waals surface area contributed by atoms with Crippen molar-refractivity contribution in [3.63, 3.8) is 0 Å². The summed E-state index contributed by atoms with van der Waals surface area (Å²) >= 11 is 1.14. The Hall–Kier alpha value is -2.05. The van der Waals surface area contributed by atoms with Crippen LogP contribution >= 0.6 is 11.8 Å². The van der Waals surface area contributed by atoms with Crippen molar-refractivity contribution < 1.29 is 4.79 Å². The number of carbonyl (C=O) groups is 1. The summed E-state index contributed by atoms with van der Waals surface area (Å²) in [6, 6.07) is 18.9. The van der Waals surface area contributed by atoms with Crippen LogP contribution in [-0.2, 0) is 0 Å². The summed E-state index contributed by atoms with van der Waals surface area (Å²) in [5, 5.41) is 10.9. The molecule has 0 saturated carbocycles. The number of nitriles is 1. The van der Waals surface area contributed by atoms with Crippen LogP contribution < -0.4 is 0 Å². The molecule has 94 valence electrons. The average molecular weight is 267 g/mol. The van der Waals surface area contributed by atoms with Crippen LogP contribution in [0, 0.1) is 10.7 Å². The highest BCUT2D eigenvalue weighted by atomic mass is 32.2. The van der Waals surface area contributed by atoms with Crippen LogP contribution in [0.15, 0.2) is 60.7 Å². The third-order valence-electron chi connectivity index (χ3n) is 2.83. The highest BCUT2D eigenvalue weighted by Gasteiger charge is 2.17. The van der Waals surface area contributed by atoms with Crippen molar-refractivity contribution in [2.75, 3.05) is 0 Å². The third-order valence-corrected chi connectivity index (χ3v) is 3.66. The second-order valence-electron chi connectivity index (χ2n) is 4.10. The number of hydrogen-bond acceptors (Lipinski definition) is 3. The molecule has 0 aliphatic rings. The van der Waals surface area contributed by atoms with Crippen molar-refractivity contribution in [3.8, 4) is 5.40 Å². The van der Waals surface area contributed by atoms with Crippen LogP contribution in [0.1, 0.15) is 27.6 Å². The predicted molar refractivity (Wildman–Crippen MR) is 77.8 cm³/mol. The molecule has 3 heteroatoms. The zero-order chi connectivity index (χ0) is 13.5. The van der Waals surface area contributed by atoms with Crippen LogP contribution in [0.4, 0.5) is 0 Å². The fraction of sp³-hybridized carbons (Fsp3) is 0.125. The SMILES string of the molecule is N#CSC(CC(=O)c1ccccc1)c1ccccc1. The number of rotatable bonds is 5. The van der Waals surface area contributed by atoms with Gasteiger partial charge in [-0.25, -0.2) is 0 Å². The number of Topliss-reactive ketones (excluding diaryl/α,β-unsaturated/α-hetero) is 1. The third kappa shape index (κ3) is 3.70. The van der Waals surface area contributed by atoms with E-state index in [-0.39, 0.29) is 11.0 Å².